The fourth-order valence-corrected chi connectivity index (χ4v) is 4.22. The minimum Gasteiger partial charge on any atom is -0.511 e. The van der Waals surface area contributed by atoms with Gasteiger partial charge in [0, 0.05) is 25.1 Å². The van der Waals surface area contributed by atoms with Crippen molar-refractivity contribution in [2.45, 2.75) is 65.7 Å². The van der Waals surface area contributed by atoms with Crippen molar-refractivity contribution in [3.8, 4) is 0 Å². The molecule has 1 aliphatic carbocycles. The number of unbranched alkanes of at least 4 members (excludes halogenated alkanes) is 3. The van der Waals surface area contributed by atoms with Gasteiger partial charge in [0.15, 0.2) is 5.78 Å². The number of carbonyl (C=O) groups excluding carboxylic acids is 1. The number of aliphatic hydroxyl groups excluding tert-OH is 1. The molecule has 0 amide bonds. The molecule has 0 aliphatic heterocycles. The van der Waals surface area contributed by atoms with Crippen LogP contribution in [-0.4, -0.2) is 23.1 Å². The van der Waals surface area contributed by atoms with E-state index in [1.54, 1.807) is 0 Å². The zero-order valence-corrected chi connectivity index (χ0v) is 18.0. The van der Waals surface area contributed by atoms with Gasteiger partial charge in [-0.15, -0.1) is 0 Å². The van der Waals surface area contributed by atoms with Crippen molar-refractivity contribution >= 4 is 22.3 Å². The van der Waals surface area contributed by atoms with Gasteiger partial charge in [-0.3, -0.25) is 9.79 Å². The van der Waals surface area contributed by atoms with Crippen LogP contribution in [0.4, 0.5) is 0 Å². The Labute approximate surface area is 174 Å². The van der Waals surface area contributed by atoms with Crippen LogP contribution in [-0.2, 0) is 11.2 Å². The van der Waals surface area contributed by atoms with E-state index < -0.39 is 0 Å². The summed E-state index contributed by atoms with van der Waals surface area (Å²) in [6.07, 6.45) is 6.15. The fourth-order valence-electron chi connectivity index (χ4n) is 4.22. The first-order chi connectivity index (χ1) is 13.9. The monoisotopic (exact) mass is 391 g/mol. The molecule has 3 heteroatoms. The normalized spacial score (nSPS) is 19.7. The summed E-state index contributed by atoms with van der Waals surface area (Å²) in [4.78, 5) is 17.7. The van der Waals surface area contributed by atoms with Crippen molar-refractivity contribution in [2.75, 3.05) is 6.54 Å². The van der Waals surface area contributed by atoms with Crippen molar-refractivity contribution in [3.05, 3.63) is 59.4 Å². The number of aliphatic hydroxyl groups is 1. The van der Waals surface area contributed by atoms with E-state index in [9.17, 15) is 9.90 Å². The van der Waals surface area contributed by atoms with Crippen molar-refractivity contribution < 1.29 is 9.90 Å². The summed E-state index contributed by atoms with van der Waals surface area (Å²) in [5.74, 6) is 0.181. The molecule has 154 valence electrons. The van der Waals surface area contributed by atoms with E-state index in [1.165, 1.54) is 12.8 Å². The minimum absolute atomic E-state index is 0.0197. The predicted molar refractivity (Wildman–Crippen MR) is 122 cm³/mol. The zero-order chi connectivity index (χ0) is 20.9. The van der Waals surface area contributed by atoms with Crippen LogP contribution in [0.1, 0.15) is 64.9 Å². The molecule has 2 aromatic rings. The van der Waals surface area contributed by atoms with Gasteiger partial charge < -0.3 is 5.11 Å². The first-order valence-electron chi connectivity index (χ1n) is 10.9. The fraction of sp³-hybridized carbons (Fsp3) is 0.462. The molecule has 0 spiro atoms. The number of aliphatic imine (C=N–C) groups is 1. The molecule has 0 saturated heterocycles. The number of allylic oxidation sites excluding steroid dienone is 2. The number of hydrogen-bond acceptors (Lipinski definition) is 3. The van der Waals surface area contributed by atoms with E-state index in [-0.39, 0.29) is 17.0 Å². The summed E-state index contributed by atoms with van der Waals surface area (Å²) >= 11 is 0. The molecule has 0 aromatic heterocycles. The highest BCUT2D eigenvalue weighted by atomic mass is 16.3. The summed E-state index contributed by atoms with van der Waals surface area (Å²) in [5, 5.41) is 13.3. The highest BCUT2D eigenvalue weighted by molar-refractivity contribution is 6.24. The van der Waals surface area contributed by atoms with Crippen LogP contribution in [0.3, 0.4) is 0 Å². The van der Waals surface area contributed by atoms with E-state index >= 15 is 0 Å². The predicted octanol–water partition coefficient (Wildman–Crippen LogP) is 6.60. The van der Waals surface area contributed by atoms with Crippen LogP contribution in [0.2, 0.25) is 0 Å². The van der Waals surface area contributed by atoms with Crippen molar-refractivity contribution in [3.63, 3.8) is 0 Å². The molecule has 0 heterocycles. The average Bonchev–Trinajstić information content (AvgIpc) is 2.67. The number of rotatable bonds is 7. The van der Waals surface area contributed by atoms with Gasteiger partial charge in [-0.2, -0.15) is 0 Å². The molecule has 29 heavy (non-hydrogen) atoms. The largest absolute Gasteiger partial charge is 0.511 e. The lowest BCUT2D eigenvalue weighted by molar-refractivity contribution is -0.117. The zero-order valence-electron chi connectivity index (χ0n) is 18.0. The van der Waals surface area contributed by atoms with E-state index in [0.29, 0.717) is 18.4 Å². The Hall–Kier alpha value is -2.42. The second kappa shape index (κ2) is 9.39. The molecule has 1 aliphatic rings. The van der Waals surface area contributed by atoms with Crippen LogP contribution in [0.15, 0.2) is 58.8 Å². The molecule has 3 rings (SSSR count). The van der Waals surface area contributed by atoms with Gasteiger partial charge in [0.05, 0.1) is 5.57 Å². The Bertz CT molecular complexity index is 931. The van der Waals surface area contributed by atoms with Gasteiger partial charge in [-0.25, -0.2) is 0 Å². The summed E-state index contributed by atoms with van der Waals surface area (Å²) < 4.78 is 0. The third kappa shape index (κ3) is 5.35. The average molecular weight is 392 g/mol. The Morgan fingerprint density at radius 2 is 1.79 bits per heavy atom. The highest BCUT2D eigenvalue weighted by Gasteiger charge is 2.36. The van der Waals surface area contributed by atoms with Crippen LogP contribution < -0.4 is 0 Å². The SMILES string of the molecule is CCCCCCN=C1CC(C)(C)CC(=O)C1=C(O)Cc1cccc2ccccc12. The van der Waals surface area contributed by atoms with Crippen molar-refractivity contribution in [2.24, 2.45) is 10.4 Å². The minimum atomic E-state index is -0.109. The maximum Gasteiger partial charge on any atom is 0.168 e. The standard InChI is InChI=1S/C26H33NO2/c1-4-5-6-9-15-27-22-17-26(2,3)18-24(29)25(22)23(28)16-20-13-10-12-19-11-7-8-14-21(19)20/h7-8,10-14,28H,4-6,9,15-18H2,1-3H3. The summed E-state index contributed by atoms with van der Waals surface area (Å²) in [6.45, 7) is 7.14. The third-order valence-corrected chi connectivity index (χ3v) is 5.69. The highest BCUT2D eigenvalue weighted by Crippen LogP contribution is 2.36. The first-order valence-corrected chi connectivity index (χ1v) is 10.9. The molecule has 1 N–H and O–H groups in total. The van der Waals surface area contributed by atoms with Gasteiger partial charge in [0.1, 0.15) is 5.76 Å². The maximum absolute atomic E-state index is 13.0. The van der Waals surface area contributed by atoms with Crippen LogP contribution in [0, 0.1) is 5.41 Å². The third-order valence-electron chi connectivity index (χ3n) is 5.69. The van der Waals surface area contributed by atoms with Gasteiger partial charge in [0.25, 0.3) is 0 Å². The van der Waals surface area contributed by atoms with Crippen molar-refractivity contribution in [1.82, 2.24) is 0 Å². The van der Waals surface area contributed by atoms with Crippen molar-refractivity contribution in [1.29, 1.82) is 0 Å². The second-order valence-electron chi connectivity index (χ2n) is 8.97. The van der Waals surface area contributed by atoms with E-state index in [0.717, 1.165) is 47.9 Å². The topological polar surface area (TPSA) is 49.7 Å². The number of benzene rings is 2. The quantitative estimate of drug-likeness (QED) is 0.328. The lowest BCUT2D eigenvalue weighted by Gasteiger charge is -2.31. The maximum atomic E-state index is 13.0. The number of carbonyl (C=O) groups is 1. The first kappa shape index (κ1) is 21.3. The molecular weight excluding hydrogens is 358 g/mol. The molecule has 0 unspecified atom stereocenters. The summed E-state index contributed by atoms with van der Waals surface area (Å²) in [7, 11) is 0. The smallest absolute Gasteiger partial charge is 0.168 e. The van der Waals surface area contributed by atoms with E-state index in [1.807, 2.05) is 24.3 Å². The Balaban J connectivity index is 1.91. The van der Waals surface area contributed by atoms with Gasteiger partial charge in [0.2, 0.25) is 0 Å². The Morgan fingerprint density at radius 1 is 1.03 bits per heavy atom. The van der Waals surface area contributed by atoms with Gasteiger partial charge in [-0.1, -0.05) is 82.5 Å². The van der Waals surface area contributed by atoms with E-state index in [4.69, 9.17) is 4.99 Å². The second-order valence-corrected chi connectivity index (χ2v) is 8.97. The molecular formula is C26H33NO2. The molecule has 0 atom stereocenters. The molecule has 0 bridgehead atoms. The summed E-state index contributed by atoms with van der Waals surface area (Å²) in [5.41, 5.74) is 2.18. The lowest BCUT2D eigenvalue weighted by atomic mass is 9.73. The number of hydrogen-bond donors (Lipinski definition) is 1. The number of Topliss-reactive ketones (excluding diaryl/α,β-unsaturated/α-hetero) is 1. The van der Waals surface area contributed by atoms with Gasteiger partial charge >= 0.3 is 0 Å². The van der Waals surface area contributed by atoms with Crippen LogP contribution in [0.25, 0.3) is 10.8 Å². The molecule has 1 fully saturated rings. The van der Waals surface area contributed by atoms with Crippen LogP contribution >= 0.6 is 0 Å². The molecule has 1 saturated carbocycles. The number of ketones is 1. The van der Waals surface area contributed by atoms with E-state index in [2.05, 4.69) is 39.0 Å². The molecule has 0 radical (unpaired) electrons. The number of nitrogens with zero attached hydrogens (tertiary/aromatic N) is 1. The van der Waals surface area contributed by atoms with Crippen LogP contribution in [0.5, 0.6) is 0 Å². The molecule has 3 nitrogen and oxygen atoms in total. The Morgan fingerprint density at radius 3 is 2.59 bits per heavy atom. The molecule has 2 aromatic carbocycles. The Kier molecular flexibility index (Phi) is 6.89. The van der Waals surface area contributed by atoms with Gasteiger partial charge in [-0.05, 0) is 34.6 Å². The number of fused-ring (bicyclic) bond motifs is 1. The lowest BCUT2D eigenvalue weighted by Crippen LogP contribution is -2.33. The summed E-state index contributed by atoms with van der Waals surface area (Å²) in [6, 6.07) is 14.3.